The molecule has 0 fully saturated rings. The largest absolute Gasteiger partial charge is 0.469 e. The molecule has 1 atom stereocenters. The predicted molar refractivity (Wildman–Crippen MR) is 53.6 cm³/mol. The van der Waals surface area contributed by atoms with Crippen molar-refractivity contribution in [1.82, 2.24) is 0 Å². The van der Waals surface area contributed by atoms with Crippen molar-refractivity contribution in [2.75, 3.05) is 20.2 Å². The molecule has 19 heavy (non-hydrogen) atoms. The molecule has 0 spiro atoms. The van der Waals surface area contributed by atoms with Crippen molar-refractivity contribution in [1.29, 1.82) is 0 Å². The summed E-state index contributed by atoms with van der Waals surface area (Å²) in [6, 6.07) is 0. The monoisotopic (exact) mass is 295 g/mol. The zero-order valence-corrected chi connectivity index (χ0v) is 11.6. The molecule has 8 heteroatoms. The van der Waals surface area contributed by atoms with Crippen LogP contribution >= 0.6 is 0 Å². The number of hydrogen-bond donors (Lipinski definition) is 0. The summed E-state index contributed by atoms with van der Waals surface area (Å²) in [6.45, 7) is 2.40. The maximum atomic E-state index is 11.2. The lowest BCUT2D eigenvalue weighted by Gasteiger charge is -2.18. The Kier molecular flexibility index (Phi) is 6.15. The number of hydrogen-bond acceptors (Lipinski definition) is 6. The third-order valence-electron chi connectivity index (χ3n) is 3.36. The summed E-state index contributed by atoms with van der Waals surface area (Å²) in [5.74, 6) is 0.412. The molecule has 0 bridgehead atoms. The second-order valence-electron chi connectivity index (χ2n) is 4.58. The fourth-order valence-corrected chi connectivity index (χ4v) is 2.67. The molecule has 0 aliphatic carbocycles. The molecular formula is C11H18ClNO6. The highest BCUT2D eigenvalue weighted by Gasteiger charge is 2.34. The van der Waals surface area contributed by atoms with E-state index in [0.717, 1.165) is 0 Å². The van der Waals surface area contributed by atoms with Gasteiger partial charge in [0.1, 0.15) is 13.1 Å². The van der Waals surface area contributed by atoms with Crippen molar-refractivity contribution in [2.45, 2.75) is 32.1 Å². The Bertz CT molecular complexity index is 346. The van der Waals surface area contributed by atoms with Crippen molar-refractivity contribution < 1.29 is 43.0 Å². The van der Waals surface area contributed by atoms with Gasteiger partial charge in [-0.25, -0.2) is 23.2 Å². The maximum Gasteiger partial charge on any atom is 0.306 e. The number of esters is 1. The molecule has 0 aromatic carbocycles. The summed E-state index contributed by atoms with van der Waals surface area (Å²) in [7, 11) is -3.47. The van der Waals surface area contributed by atoms with Crippen LogP contribution in [0.3, 0.4) is 0 Å². The minimum atomic E-state index is -4.94. The highest BCUT2D eigenvalue weighted by Crippen LogP contribution is 2.24. The van der Waals surface area contributed by atoms with Gasteiger partial charge in [-0.1, -0.05) is 0 Å². The van der Waals surface area contributed by atoms with Crippen LogP contribution in [0.15, 0.2) is 0 Å². The van der Waals surface area contributed by atoms with Gasteiger partial charge in [-0.05, 0) is 6.42 Å². The molecule has 0 N–H and O–H groups in total. The van der Waals surface area contributed by atoms with Crippen LogP contribution in [0.2, 0.25) is 0 Å². The standard InChI is InChI=1S/C11H18NO2.ClHO4/c1-14-11(13)8-9-4-2-6-12-7-3-5-10(9)12;2-1(3,4)5/h9H,2-8H2,1H3;(H,2,3,4,5)/q+1;/p-1. The van der Waals surface area contributed by atoms with Crippen LogP contribution in [0.5, 0.6) is 0 Å². The normalized spacial score (nSPS) is 22.5. The van der Waals surface area contributed by atoms with Gasteiger partial charge in [0, 0.05) is 25.2 Å². The van der Waals surface area contributed by atoms with E-state index in [0.29, 0.717) is 12.3 Å². The first-order valence-corrected chi connectivity index (χ1v) is 7.34. The Labute approximate surface area is 113 Å². The summed E-state index contributed by atoms with van der Waals surface area (Å²) in [5.41, 5.74) is 1.52. The predicted octanol–water partition coefficient (Wildman–Crippen LogP) is -3.55. The minimum absolute atomic E-state index is 0.0590. The van der Waals surface area contributed by atoms with E-state index >= 15 is 0 Å². The van der Waals surface area contributed by atoms with Crippen LogP contribution in [-0.2, 0) is 9.53 Å². The van der Waals surface area contributed by atoms with Gasteiger partial charge < -0.3 is 4.74 Å². The lowest BCUT2D eigenvalue weighted by atomic mass is 9.90. The van der Waals surface area contributed by atoms with Gasteiger partial charge in [-0.15, -0.1) is 10.2 Å². The third kappa shape index (κ3) is 6.31. The van der Waals surface area contributed by atoms with Crippen LogP contribution in [0.4, 0.5) is 0 Å². The Hall–Kier alpha value is -0.730. The summed E-state index contributed by atoms with van der Waals surface area (Å²) in [5, 5.41) is 0. The van der Waals surface area contributed by atoms with Gasteiger partial charge in [-0.2, -0.15) is 0 Å². The van der Waals surface area contributed by atoms with Crippen molar-refractivity contribution in [2.24, 2.45) is 5.92 Å². The number of methoxy groups -OCH3 is 1. The number of carbonyl (C=O) groups excluding carboxylic acids is 1. The number of ether oxygens (including phenoxy) is 1. The van der Waals surface area contributed by atoms with E-state index in [-0.39, 0.29) is 5.97 Å². The smallest absolute Gasteiger partial charge is 0.306 e. The molecule has 0 aromatic rings. The van der Waals surface area contributed by atoms with Crippen molar-refractivity contribution in [3.63, 3.8) is 0 Å². The fraction of sp³-hybridized carbons (Fsp3) is 0.818. The minimum Gasteiger partial charge on any atom is -0.469 e. The van der Waals surface area contributed by atoms with Crippen LogP contribution < -0.4 is 18.6 Å². The Morgan fingerprint density at radius 3 is 2.47 bits per heavy atom. The Morgan fingerprint density at radius 2 is 1.89 bits per heavy atom. The molecule has 0 amide bonds. The maximum absolute atomic E-state index is 11.2. The second-order valence-corrected chi connectivity index (χ2v) is 5.34. The summed E-state index contributed by atoms with van der Waals surface area (Å²) in [4.78, 5) is 11.2. The van der Waals surface area contributed by atoms with E-state index in [1.807, 2.05) is 0 Å². The summed E-state index contributed by atoms with van der Waals surface area (Å²) in [6.07, 6.45) is 5.45. The summed E-state index contributed by atoms with van der Waals surface area (Å²) >= 11 is 0. The molecule has 110 valence electrons. The van der Waals surface area contributed by atoms with Crippen molar-refractivity contribution in [3.05, 3.63) is 0 Å². The van der Waals surface area contributed by atoms with Gasteiger partial charge in [0.2, 0.25) is 0 Å². The molecule has 0 radical (unpaired) electrons. The SMILES string of the molecule is COC(=O)CC1CCC[N+]2=C1CCC2.[O-][Cl+3]([O-])([O-])[O-]. The van der Waals surface area contributed by atoms with Crippen LogP contribution in [0.25, 0.3) is 0 Å². The molecule has 2 aliphatic rings. The van der Waals surface area contributed by atoms with E-state index < -0.39 is 10.2 Å². The molecule has 0 aromatic heterocycles. The van der Waals surface area contributed by atoms with Crippen LogP contribution in [0, 0.1) is 16.2 Å². The first-order valence-electron chi connectivity index (χ1n) is 6.10. The van der Waals surface area contributed by atoms with E-state index in [9.17, 15) is 4.79 Å². The molecule has 1 unspecified atom stereocenters. The summed E-state index contributed by atoms with van der Waals surface area (Å²) < 4.78 is 41.2. The average Bonchev–Trinajstić information content (AvgIpc) is 2.75. The van der Waals surface area contributed by atoms with Crippen molar-refractivity contribution in [3.8, 4) is 0 Å². The molecule has 0 saturated carbocycles. The molecule has 2 rings (SSSR count). The van der Waals surface area contributed by atoms with Gasteiger partial charge in [-0.3, -0.25) is 4.79 Å². The highest BCUT2D eigenvalue weighted by atomic mass is 35.7. The van der Waals surface area contributed by atoms with E-state index in [4.69, 9.17) is 23.4 Å². The lowest BCUT2D eigenvalue weighted by molar-refractivity contribution is -2.00. The quantitative estimate of drug-likeness (QED) is 0.384. The zero-order chi connectivity index (χ0) is 14.5. The fourth-order valence-electron chi connectivity index (χ4n) is 2.67. The first-order chi connectivity index (χ1) is 8.81. The number of halogens is 1. The molecular weight excluding hydrogens is 278 g/mol. The zero-order valence-electron chi connectivity index (χ0n) is 10.8. The van der Waals surface area contributed by atoms with Crippen molar-refractivity contribution >= 4 is 11.7 Å². The molecule has 2 aliphatic heterocycles. The van der Waals surface area contributed by atoms with Crippen LogP contribution in [0.1, 0.15) is 32.1 Å². The van der Waals surface area contributed by atoms with Gasteiger partial charge in [0.25, 0.3) is 0 Å². The molecule has 0 saturated heterocycles. The van der Waals surface area contributed by atoms with Crippen LogP contribution in [-0.4, -0.2) is 36.5 Å². The van der Waals surface area contributed by atoms with Gasteiger partial charge in [0.05, 0.1) is 13.5 Å². The lowest BCUT2D eigenvalue weighted by Crippen LogP contribution is -2.68. The highest BCUT2D eigenvalue weighted by molar-refractivity contribution is 5.87. The molecule has 2 heterocycles. The second kappa shape index (κ2) is 7.16. The third-order valence-corrected chi connectivity index (χ3v) is 3.36. The number of nitrogens with zero attached hydrogens (tertiary/aromatic N) is 1. The van der Waals surface area contributed by atoms with E-state index in [1.54, 1.807) is 0 Å². The van der Waals surface area contributed by atoms with Gasteiger partial charge in [0.15, 0.2) is 5.71 Å². The van der Waals surface area contributed by atoms with E-state index in [1.165, 1.54) is 51.6 Å². The van der Waals surface area contributed by atoms with Gasteiger partial charge >= 0.3 is 5.97 Å². The number of carbonyl (C=O) groups is 1. The molecule has 7 nitrogen and oxygen atoms in total. The first kappa shape index (κ1) is 16.3. The topological polar surface area (TPSA) is 122 Å². The van der Waals surface area contributed by atoms with E-state index in [2.05, 4.69) is 4.58 Å². The average molecular weight is 296 g/mol. The Balaban J connectivity index is 0.000000312. The number of rotatable bonds is 2. The Morgan fingerprint density at radius 1 is 1.32 bits per heavy atom.